The average molecular weight is 1080 g/mol. The summed E-state index contributed by atoms with van der Waals surface area (Å²) in [5, 5.41) is 21.2. The van der Waals surface area contributed by atoms with Gasteiger partial charge in [0, 0.05) is 63.7 Å². The van der Waals surface area contributed by atoms with Gasteiger partial charge in [0.1, 0.15) is 12.3 Å². The Hall–Kier alpha value is -4.19. The number of ketones is 3. The molecular weight excluding hydrogens is 1010 g/mol. The Morgan fingerprint density at radius 3 is 1.60 bits per heavy atom. The lowest BCUT2D eigenvalue weighted by Crippen LogP contribution is -2.70. The summed E-state index contributed by atoms with van der Waals surface area (Å²) in [7, 11) is 0. The van der Waals surface area contributed by atoms with Crippen LogP contribution in [0.1, 0.15) is 129 Å². The number of allylic oxidation sites excluding steroid dienone is 8. The maximum atomic E-state index is 17.7. The van der Waals surface area contributed by atoms with Gasteiger partial charge >= 0.3 is 11.9 Å². The molecule has 6 fully saturated rings. The fourth-order valence-electron chi connectivity index (χ4n) is 16.9. The van der Waals surface area contributed by atoms with Gasteiger partial charge in [-0.3, -0.25) is 33.6 Å². The quantitative estimate of drug-likeness (QED) is 0.134. The molecule has 0 aliphatic heterocycles. The standard InChI is InChI=1S/C34H38F2O6S.C24H30F2O5S/c1-5-28(39)42-34(30(41)43-26-11-10-19-8-6-7-9-21(19)29(26)40)18(2)14-22-23-16-25(35)24-15-20(37)12-13-31(24,3)33(23,36)27(38)17-32(22,34)4;1-5-19(29)31-24(20(30)32)12(2)8-14-15-10-17(25)16-9-13(27)6-7-21(16,3)23(15,26)18(28)11-22(14,24)4/h6-9,12-13,15,18,22-23,25-27,38H,5,10-11,14,16-17H2,1-4H3;6-7,9,12,14-15,17-18,28H,5,8,10-11H2,1-4H3,(H,30,32)/t18-,22?,23?,25+,26?,27+,31+,32+,33+,34+;12-,14?,15?,17+,18+,21+,22+,23+,24+/m11/s1. The molecule has 9 aliphatic carbocycles. The van der Waals surface area contributed by atoms with Crippen molar-refractivity contribution in [3.05, 3.63) is 83.0 Å². The van der Waals surface area contributed by atoms with E-state index in [-0.39, 0.29) is 61.9 Å². The van der Waals surface area contributed by atoms with Crippen LogP contribution < -0.4 is 0 Å². The first-order chi connectivity index (χ1) is 35.0. The van der Waals surface area contributed by atoms with Gasteiger partial charge in [0.2, 0.25) is 10.2 Å². The first kappa shape index (κ1) is 55.6. The normalized spacial score (nSPS) is 45.9. The number of hydrogen-bond acceptors (Lipinski definition) is 12. The van der Waals surface area contributed by atoms with E-state index in [1.807, 2.05) is 12.1 Å². The number of alkyl halides is 4. The van der Waals surface area contributed by atoms with Crippen molar-refractivity contribution in [2.75, 3.05) is 0 Å². The minimum Gasteiger partial charge on any atom is -0.449 e. The molecule has 0 heterocycles. The Bertz CT molecular complexity index is 2780. The molecule has 9 aliphatic rings. The molecule has 75 heavy (non-hydrogen) atoms. The zero-order chi connectivity index (χ0) is 55.0. The highest BCUT2D eigenvalue weighted by Crippen LogP contribution is 2.74. The molecular formula is C58H68F4O11S2. The summed E-state index contributed by atoms with van der Waals surface area (Å²) in [5.41, 5.74) is -11.8. The van der Waals surface area contributed by atoms with E-state index in [1.165, 1.54) is 38.2 Å². The Kier molecular flexibility index (Phi) is 13.9. The van der Waals surface area contributed by atoms with Gasteiger partial charge in [0.25, 0.3) is 0 Å². The van der Waals surface area contributed by atoms with Crippen LogP contribution in [0.15, 0.2) is 71.9 Å². The molecule has 0 aromatic heterocycles. The van der Waals surface area contributed by atoms with Crippen molar-refractivity contribution in [2.45, 2.75) is 172 Å². The molecule has 1 aromatic carbocycles. The van der Waals surface area contributed by atoms with Crippen LogP contribution in [0.4, 0.5) is 17.6 Å². The second kappa shape index (κ2) is 18.7. The average Bonchev–Trinajstić information content (AvgIpc) is 3.77. The summed E-state index contributed by atoms with van der Waals surface area (Å²) in [5.74, 6) is -6.33. The van der Waals surface area contributed by atoms with Crippen LogP contribution in [0, 0.1) is 57.2 Å². The van der Waals surface area contributed by atoms with Crippen LogP contribution in [0.25, 0.3) is 0 Å². The topological polar surface area (TPSA) is 178 Å². The van der Waals surface area contributed by atoms with E-state index in [2.05, 4.69) is 12.6 Å². The lowest BCUT2D eigenvalue weighted by molar-refractivity contribution is -0.228. The number of rotatable bonds is 7. The van der Waals surface area contributed by atoms with Crippen molar-refractivity contribution in [2.24, 2.45) is 57.2 Å². The van der Waals surface area contributed by atoms with E-state index >= 15 is 17.6 Å². The van der Waals surface area contributed by atoms with Crippen molar-refractivity contribution >= 4 is 63.9 Å². The molecule has 1 aromatic rings. The number of halogens is 4. The first-order valence-corrected chi connectivity index (χ1v) is 27.8. The number of ether oxygens (including phenoxy) is 2. The Balaban J connectivity index is 0.000000192. The number of aliphatic hydroxyl groups excluding tert-OH is 2. The van der Waals surface area contributed by atoms with Crippen LogP contribution in [-0.2, 0) is 44.7 Å². The van der Waals surface area contributed by atoms with Crippen LogP contribution in [-0.4, -0.2) is 102 Å². The van der Waals surface area contributed by atoms with Gasteiger partial charge in [-0.25, -0.2) is 17.6 Å². The minimum atomic E-state index is -2.31. The second-order valence-corrected chi connectivity index (χ2v) is 25.5. The van der Waals surface area contributed by atoms with Gasteiger partial charge in [0.05, 0.1) is 17.5 Å². The largest absolute Gasteiger partial charge is 0.449 e. The molecule has 11 nitrogen and oxygen atoms in total. The Morgan fingerprint density at radius 1 is 0.693 bits per heavy atom. The third-order valence-corrected chi connectivity index (χ3v) is 22.2. The van der Waals surface area contributed by atoms with E-state index < -0.39 is 143 Å². The molecule has 0 spiro atoms. The molecule has 0 radical (unpaired) electrons. The molecule has 0 saturated heterocycles. The number of Topliss-reactive ketones (excluding diaryl/α,β-unsaturated/α-hetero) is 1. The van der Waals surface area contributed by atoms with E-state index in [0.717, 1.165) is 29.5 Å². The first-order valence-electron chi connectivity index (χ1n) is 26.5. The second-order valence-electron chi connectivity index (χ2n) is 23.9. The summed E-state index contributed by atoms with van der Waals surface area (Å²) in [4.78, 5) is 90.3. The minimum absolute atomic E-state index is 0.000465. The van der Waals surface area contributed by atoms with Crippen molar-refractivity contribution in [1.82, 2.24) is 0 Å². The van der Waals surface area contributed by atoms with Crippen molar-refractivity contribution in [1.29, 1.82) is 0 Å². The summed E-state index contributed by atoms with van der Waals surface area (Å²) in [6.45, 7) is 13.3. The maximum Gasteiger partial charge on any atom is 0.306 e. The molecule has 6 saturated carbocycles. The van der Waals surface area contributed by atoms with Gasteiger partial charge in [-0.1, -0.05) is 89.7 Å². The molecule has 0 bridgehead atoms. The highest BCUT2D eigenvalue weighted by Gasteiger charge is 2.80. The van der Waals surface area contributed by atoms with Crippen LogP contribution in [0.5, 0.6) is 0 Å². The number of benzene rings is 1. The smallest absolute Gasteiger partial charge is 0.306 e. The lowest BCUT2D eigenvalue weighted by atomic mass is 9.44. The maximum absolute atomic E-state index is 17.7. The molecule has 0 amide bonds. The molecule has 5 unspecified atom stereocenters. The molecule has 2 N–H and O–H groups in total. The predicted molar refractivity (Wildman–Crippen MR) is 274 cm³/mol. The summed E-state index contributed by atoms with van der Waals surface area (Å²) >= 11 is 4.96. The zero-order valence-corrected chi connectivity index (χ0v) is 45.3. The Morgan fingerprint density at radius 2 is 1.13 bits per heavy atom. The number of fused-ring (bicyclic) bond motifs is 11. The van der Waals surface area contributed by atoms with E-state index in [4.69, 9.17) is 9.47 Å². The fraction of sp³-hybridized carbons (Fsp3) is 0.638. The fourth-order valence-corrected chi connectivity index (χ4v) is 18.8. The van der Waals surface area contributed by atoms with Gasteiger partial charge in [0.15, 0.2) is 39.9 Å². The molecule has 406 valence electrons. The monoisotopic (exact) mass is 1080 g/mol. The number of thiol groups is 1. The third-order valence-electron chi connectivity index (χ3n) is 20.6. The predicted octanol–water partition coefficient (Wildman–Crippen LogP) is 9.40. The zero-order valence-electron chi connectivity index (χ0n) is 43.6. The van der Waals surface area contributed by atoms with Crippen molar-refractivity contribution < 1.29 is 70.8 Å². The number of carbonyl (C=O) groups is 7. The molecule has 10 rings (SSSR count). The van der Waals surface area contributed by atoms with E-state index in [1.54, 1.807) is 53.7 Å². The van der Waals surface area contributed by atoms with Crippen molar-refractivity contribution in [3.63, 3.8) is 0 Å². The van der Waals surface area contributed by atoms with Crippen LogP contribution in [0.2, 0.25) is 0 Å². The lowest BCUT2D eigenvalue weighted by Gasteiger charge is -2.63. The highest BCUT2D eigenvalue weighted by atomic mass is 32.2. The molecule has 19 atom stereocenters. The summed E-state index contributed by atoms with van der Waals surface area (Å²) in [6, 6.07) is 7.31. The van der Waals surface area contributed by atoms with Gasteiger partial charge in [-0.05, 0) is 118 Å². The highest BCUT2D eigenvalue weighted by molar-refractivity contribution is 8.15. The number of thioether (sulfide) groups is 1. The number of aryl methyl sites for hydroxylation is 1. The van der Waals surface area contributed by atoms with Gasteiger partial charge < -0.3 is 19.7 Å². The number of carbonyl (C=O) groups excluding carboxylic acids is 7. The van der Waals surface area contributed by atoms with Crippen molar-refractivity contribution in [3.8, 4) is 0 Å². The van der Waals surface area contributed by atoms with Crippen LogP contribution in [0.3, 0.4) is 0 Å². The summed E-state index contributed by atoms with van der Waals surface area (Å²) in [6.07, 6.45) is 1.99. The number of esters is 2. The van der Waals surface area contributed by atoms with Gasteiger partial charge in [-0.2, -0.15) is 0 Å². The SMILES string of the molecule is CCC(=O)O[C@]1(C(=O)S)[C@H](C)CC2C3C[C@H](F)C4=CC(=O)C=C[C@]4(C)[C@@]3(F)[C@@H](O)C[C@@]21C.CCC(=O)O[C@]1(C(=O)SC2CCc3ccccc3C2=O)[C@H](C)CC2C3C[C@H](F)C4=CC(=O)C=C[C@]4(C)[C@@]3(F)[C@@H](O)C[C@@]21C. The Labute approximate surface area is 444 Å². The third kappa shape index (κ3) is 7.43. The van der Waals surface area contributed by atoms with Crippen LogP contribution >= 0.6 is 24.4 Å². The van der Waals surface area contributed by atoms with E-state index in [0.29, 0.717) is 24.8 Å². The summed E-state index contributed by atoms with van der Waals surface area (Å²) < 4.78 is 78.0. The number of aliphatic hydroxyl groups is 2. The molecule has 17 heteroatoms. The van der Waals surface area contributed by atoms with Gasteiger partial charge in [-0.15, -0.1) is 12.6 Å². The van der Waals surface area contributed by atoms with E-state index in [9.17, 15) is 43.8 Å². The number of hydrogen-bond donors (Lipinski definition) is 3.